The maximum Gasteiger partial charge on any atom is 0.268 e. The predicted octanol–water partition coefficient (Wildman–Crippen LogP) is 3.13. The molecular weight excluding hydrogens is 284 g/mol. The molecule has 2 aromatic rings. The van der Waals surface area contributed by atoms with E-state index in [4.69, 9.17) is 5.73 Å². The molecule has 0 atom stereocenters. The lowest BCUT2D eigenvalue weighted by molar-refractivity contribution is 0.0987. The third kappa shape index (κ3) is 2.45. The van der Waals surface area contributed by atoms with Gasteiger partial charge in [-0.15, -0.1) is 11.3 Å². The molecule has 0 radical (unpaired) electrons. The van der Waals surface area contributed by atoms with Crippen molar-refractivity contribution in [3.63, 3.8) is 0 Å². The zero-order valence-electron chi connectivity index (χ0n) is 11.8. The van der Waals surface area contributed by atoms with Crippen LogP contribution < -0.4 is 10.6 Å². The number of hydrogen-bond donors (Lipinski definition) is 1. The smallest absolute Gasteiger partial charge is 0.268 e. The lowest BCUT2D eigenvalue weighted by atomic mass is 10.00. The molecule has 0 unspecified atom stereocenters. The minimum atomic E-state index is -0.0564. The van der Waals surface area contributed by atoms with Gasteiger partial charge in [0.05, 0.1) is 9.75 Å². The van der Waals surface area contributed by atoms with E-state index in [9.17, 15) is 9.59 Å². The SMILES string of the molecule is CC(=O)c1ccc(C(=O)N2CCCc3c(N)cccc32)s1. The van der Waals surface area contributed by atoms with E-state index >= 15 is 0 Å². The maximum absolute atomic E-state index is 12.7. The minimum Gasteiger partial charge on any atom is -0.398 e. The summed E-state index contributed by atoms with van der Waals surface area (Å²) in [6.07, 6.45) is 1.80. The van der Waals surface area contributed by atoms with E-state index in [1.54, 1.807) is 17.0 Å². The van der Waals surface area contributed by atoms with Gasteiger partial charge in [-0.05, 0) is 49.6 Å². The highest BCUT2D eigenvalue weighted by Crippen LogP contribution is 2.33. The van der Waals surface area contributed by atoms with Crippen LogP contribution >= 0.6 is 11.3 Å². The number of nitrogens with two attached hydrogens (primary N) is 1. The summed E-state index contributed by atoms with van der Waals surface area (Å²) in [6.45, 7) is 2.19. The largest absolute Gasteiger partial charge is 0.398 e. The van der Waals surface area contributed by atoms with E-state index in [0.29, 0.717) is 16.3 Å². The molecular formula is C16H16N2O2S. The number of ketones is 1. The average Bonchev–Trinajstić information content (AvgIpc) is 2.96. The molecule has 0 saturated carbocycles. The quantitative estimate of drug-likeness (QED) is 0.684. The van der Waals surface area contributed by atoms with E-state index in [1.165, 1.54) is 18.3 Å². The number of nitrogens with zero attached hydrogens (tertiary/aromatic N) is 1. The first-order valence-electron chi connectivity index (χ1n) is 6.88. The monoisotopic (exact) mass is 300 g/mol. The molecule has 4 nitrogen and oxygen atoms in total. The van der Waals surface area contributed by atoms with Crippen LogP contribution in [0.3, 0.4) is 0 Å². The first kappa shape index (κ1) is 13.8. The van der Waals surface area contributed by atoms with Crippen molar-refractivity contribution in [2.45, 2.75) is 19.8 Å². The topological polar surface area (TPSA) is 63.4 Å². The zero-order valence-corrected chi connectivity index (χ0v) is 12.6. The summed E-state index contributed by atoms with van der Waals surface area (Å²) in [5, 5.41) is 0. The minimum absolute atomic E-state index is 0.0117. The molecule has 108 valence electrons. The van der Waals surface area contributed by atoms with Gasteiger partial charge >= 0.3 is 0 Å². The third-order valence-electron chi connectivity index (χ3n) is 3.70. The molecule has 0 fully saturated rings. The molecule has 0 saturated heterocycles. The van der Waals surface area contributed by atoms with Crippen LogP contribution in [0.15, 0.2) is 30.3 Å². The first-order valence-corrected chi connectivity index (χ1v) is 7.69. The molecule has 1 aromatic heterocycles. The van der Waals surface area contributed by atoms with Gasteiger partial charge in [0.15, 0.2) is 5.78 Å². The summed E-state index contributed by atoms with van der Waals surface area (Å²) in [7, 11) is 0. The second kappa shape index (κ2) is 5.33. The van der Waals surface area contributed by atoms with Gasteiger partial charge in [0.1, 0.15) is 0 Å². The van der Waals surface area contributed by atoms with Crippen LogP contribution in [0, 0.1) is 0 Å². The molecule has 2 heterocycles. The standard InChI is InChI=1S/C16H16N2O2S/c1-10(19)14-7-8-15(21-14)16(20)18-9-3-4-11-12(17)5-2-6-13(11)18/h2,5-8H,3-4,9,17H2,1H3. The van der Waals surface area contributed by atoms with Gasteiger partial charge in [0, 0.05) is 17.9 Å². The van der Waals surface area contributed by atoms with E-state index in [2.05, 4.69) is 0 Å². The average molecular weight is 300 g/mol. The molecule has 21 heavy (non-hydrogen) atoms. The Balaban J connectivity index is 1.96. The predicted molar refractivity (Wildman–Crippen MR) is 85.2 cm³/mol. The van der Waals surface area contributed by atoms with Gasteiger partial charge in [0.25, 0.3) is 5.91 Å². The van der Waals surface area contributed by atoms with Gasteiger partial charge < -0.3 is 10.6 Å². The summed E-state index contributed by atoms with van der Waals surface area (Å²) in [5.74, 6) is -0.0682. The zero-order chi connectivity index (χ0) is 15.0. The van der Waals surface area contributed by atoms with Crippen LogP contribution in [-0.2, 0) is 6.42 Å². The van der Waals surface area contributed by atoms with Crippen LogP contribution in [0.25, 0.3) is 0 Å². The first-order chi connectivity index (χ1) is 10.1. The Kier molecular flexibility index (Phi) is 3.51. The molecule has 1 aliphatic rings. The summed E-state index contributed by atoms with van der Waals surface area (Å²) in [4.78, 5) is 27.0. The molecule has 1 aliphatic heterocycles. The molecule has 0 aliphatic carbocycles. The van der Waals surface area contributed by atoms with Gasteiger partial charge in [0.2, 0.25) is 0 Å². The van der Waals surface area contributed by atoms with E-state index < -0.39 is 0 Å². The van der Waals surface area contributed by atoms with Crippen molar-refractivity contribution in [2.75, 3.05) is 17.2 Å². The van der Waals surface area contributed by atoms with E-state index in [-0.39, 0.29) is 11.7 Å². The molecule has 1 amide bonds. The van der Waals surface area contributed by atoms with E-state index in [1.807, 2.05) is 18.2 Å². The Labute approximate surface area is 127 Å². The number of Topliss-reactive ketones (excluding diaryl/α,β-unsaturated/α-hetero) is 1. The second-order valence-electron chi connectivity index (χ2n) is 5.13. The highest BCUT2D eigenvalue weighted by atomic mass is 32.1. The number of hydrogen-bond acceptors (Lipinski definition) is 4. The van der Waals surface area contributed by atoms with Crippen LogP contribution in [0.5, 0.6) is 0 Å². The van der Waals surface area contributed by atoms with Gasteiger partial charge in [-0.3, -0.25) is 9.59 Å². The van der Waals surface area contributed by atoms with Crippen molar-refractivity contribution in [1.82, 2.24) is 0 Å². The number of fused-ring (bicyclic) bond motifs is 1. The highest BCUT2D eigenvalue weighted by Gasteiger charge is 2.25. The van der Waals surface area contributed by atoms with Gasteiger partial charge in [-0.25, -0.2) is 0 Å². The summed E-state index contributed by atoms with van der Waals surface area (Å²) in [5.41, 5.74) is 8.68. The normalized spacial score (nSPS) is 13.9. The number of benzene rings is 1. The fraction of sp³-hybridized carbons (Fsp3) is 0.250. The van der Waals surface area contributed by atoms with E-state index in [0.717, 1.165) is 29.8 Å². The van der Waals surface area contributed by atoms with Crippen molar-refractivity contribution < 1.29 is 9.59 Å². The Morgan fingerprint density at radius 3 is 2.67 bits per heavy atom. The molecule has 0 spiro atoms. The van der Waals surface area contributed by atoms with Crippen LogP contribution in [0.4, 0.5) is 11.4 Å². The van der Waals surface area contributed by atoms with Crippen molar-refractivity contribution in [2.24, 2.45) is 0 Å². The van der Waals surface area contributed by atoms with Crippen molar-refractivity contribution in [3.8, 4) is 0 Å². The Bertz CT molecular complexity index is 721. The molecule has 2 N–H and O–H groups in total. The van der Waals surface area contributed by atoms with Gasteiger partial charge in [-0.2, -0.15) is 0 Å². The Morgan fingerprint density at radius 1 is 1.19 bits per heavy atom. The number of anilines is 2. The highest BCUT2D eigenvalue weighted by molar-refractivity contribution is 7.16. The number of carbonyl (C=O) groups excluding carboxylic acids is 2. The number of amides is 1. The number of thiophene rings is 1. The maximum atomic E-state index is 12.7. The van der Waals surface area contributed by atoms with Crippen molar-refractivity contribution in [3.05, 3.63) is 45.6 Å². The molecule has 1 aromatic carbocycles. The second-order valence-corrected chi connectivity index (χ2v) is 6.21. The van der Waals surface area contributed by atoms with Crippen LogP contribution in [0.2, 0.25) is 0 Å². The molecule has 3 rings (SSSR count). The number of nitrogen functional groups attached to an aromatic ring is 1. The van der Waals surface area contributed by atoms with Crippen molar-refractivity contribution in [1.29, 1.82) is 0 Å². The lowest BCUT2D eigenvalue weighted by Crippen LogP contribution is -2.35. The molecule has 0 bridgehead atoms. The van der Waals surface area contributed by atoms with Gasteiger partial charge in [-0.1, -0.05) is 6.07 Å². The lowest BCUT2D eigenvalue weighted by Gasteiger charge is -2.29. The summed E-state index contributed by atoms with van der Waals surface area (Å²) >= 11 is 1.25. The fourth-order valence-electron chi connectivity index (χ4n) is 2.64. The van der Waals surface area contributed by atoms with Crippen LogP contribution in [-0.4, -0.2) is 18.2 Å². The summed E-state index contributed by atoms with van der Waals surface area (Å²) < 4.78 is 0. The number of rotatable bonds is 2. The number of carbonyl (C=O) groups is 2. The fourth-order valence-corrected chi connectivity index (χ4v) is 3.49. The van der Waals surface area contributed by atoms with Crippen molar-refractivity contribution >= 4 is 34.4 Å². The Hall–Kier alpha value is -2.14. The molecule has 5 heteroatoms. The third-order valence-corrected chi connectivity index (χ3v) is 4.87. The summed E-state index contributed by atoms with van der Waals surface area (Å²) in [6, 6.07) is 9.11. The van der Waals surface area contributed by atoms with Crippen LogP contribution in [0.1, 0.15) is 38.3 Å². The Morgan fingerprint density at radius 2 is 1.95 bits per heavy atom.